The van der Waals surface area contributed by atoms with Crippen LogP contribution in [0.3, 0.4) is 0 Å². The summed E-state index contributed by atoms with van der Waals surface area (Å²) in [5.41, 5.74) is 1.68. The fourth-order valence-corrected chi connectivity index (χ4v) is 6.11. The van der Waals surface area contributed by atoms with E-state index in [9.17, 15) is 19.8 Å². The van der Waals surface area contributed by atoms with Crippen LogP contribution < -0.4 is 10.6 Å². The molecule has 0 radical (unpaired) electrons. The standard InChI is InChI=1S/C40H24Cl4N6O4/c41-31-15-13-25(19-33(31)43)47-49-35-27-7-3-1-5-21(27)17-29(37(35)51)39(53)45-23-9-11-24(12-10-23)46-40(54)30-18-22-6-2-4-8-28(22)36(38(30)52)50-48-26-14-16-32(42)34(44)20-26/h1-20,51-52H,(H,45,53)(H,46,54). The molecular weight excluding hydrogens is 770 g/mol. The molecule has 4 N–H and O–H groups in total. The molecular formula is C40H24Cl4N6O4. The number of phenols is 2. The van der Waals surface area contributed by atoms with E-state index in [1.807, 2.05) is 0 Å². The number of carbonyl (C=O) groups is 2. The third kappa shape index (κ3) is 7.68. The van der Waals surface area contributed by atoms with E-state index in [-0.39, 0.29) is 34.0 Å². The predicted octanol–water partition coefficient (Wildman–Crippen LogP) is 13.4. The van der Waals surface area contributed by atoms with Gasteiger partial charge in [0.25, 0.3) is 11.8 Å². The molecule has 7 aromatic rings. The minimum atomic E-state index is -0.607. The number of nitrogens with zero attached hydrogens (tertiary/aromatic N) is 4. The van der Waals surface area contributed by atoms with Gasteiger partial charge in [-0.25, -0.2) is 0 Å². The molecule has 0 bridgehead atoms. The Morgan fingerprint density at radius 2 is 0.852 bits per heavy atom. The molecule has 0 aliphatic heterocycles. The molecule has 54 heavy (non-hydrogen) atoms. The van der Waals surface area contributed by atoms with Gasteiger partial charge in [0.15, 0.2) is 11.5 Å². The largest absolute Gasteiger partial charge is 0.505 e. The minimum absolute atomic E-state index is 0.0342. The quantitative estimate of drug-likeness (QED) is 0.113. The topological polar surface area (TPSA) is 148 Å². The molecule has 2 amide bonds. The molecule has 0 atom stereocenters. The third-order valence-corrected chi connectivity index (χ3v) is 9.70. The Morgan fingerprint density at radius 3 is 1.24 bits per heavy atom. The van der Waals surface area contributed by atoms with Crippen molar-refractivity contribution in [2.75, 3.05) is 10.6 Å². The fourth-order valence-electron chi connectivity index (χ4n) is 5.53. The van der Waals surface area contributed by atoms with E-state index in [0.29, 0.717) is 64.4 Å². The molecule has 14 heteroatoms. The van der Waals surface area contributed by atoms with Crippen molar-refractivity contribution >= 4 is 114 Å². The van der Waals surface area contributed by atoms with Crippen LogP contribution in [0, 0.1) is 0 Å². The highest BCUT2D eigenvalue weighted by Crippen LogP contribution is 2.42. The number of phenolic OH excluding ortho intramolecular Hbond substituents is 2. The highest BCUT2D eigenvalue weighted by molar-refractivity contribution is 6.42. The van der Waals surface area contributed by atoms with Crippen LogP contribution in [0.2, 0.25) is 20.1 Å². The van der Waals surface area contributed by atoms with E-state index >= 15 is 0 Å². The van der Waals surface area contributed by atoms with Crippen LogP contribution in [-0.2, 0) is 0 Å². The summed E-state index contributed by atoms with van der Waals surface area (Å²) < 4.78 is 0. The second kappa shape index (κ2) is 15.5. The zero-order valence-electron chi connectivity index (χ0n) is 27.6. The van der Waals surface area contributed by atoms with Crippen molar-refractivity contribution in [3.63, 3.8) is 0 Å². The first-order valence-electron chi connectivity index (χ1n) is 16.0. The number of benzene rings is 7. The Bertz CT molecular complexity index is 2500. The molecule has 0 aliphatic rings. The highest BCUT2D eigenvalue weighted by atomic mass is 35.5. The van der Waals surface area contributed by atoms with Gasteiger partial charge in [-0.2, -0.15) is 10.2 Å². The molecule has 0 heterocycles. The highest BCUT2D eigenvalue weighted by Gasteiger charge is 2.21. The molecule has 0 unspecified atom stereocenters. The zero-order chi connectivity index (χ0) is 37.9. The first-order chi connectivity index (χ1) is 26.0. The average molecular weight is 794 g/mol. The van der Waals surface area contributed by atoms with Gasteiger partial charge in [-0.1, -0.05) is 94.9 Å². The van der Waals surface area contributed by atoms with Crippen molar-refractivity contribution in [3.8, 4) is 11.5 Å². The molecule has 0 spiro atoms. The zero-order valence-corrected chi connectivity index (χ0v) is 30.6. The lowest BCUT2D eigenvalue weighted by Gasteiger charge is -2.13. The molecule has 7 aromatic carbocycles. The molecule has 0 fully saturated rings. The second-order valence-corrected chi connectivity index (χ2v) is 13.4. The summed E-state index contributed by atoms with van der Waals surface area (Å²) in [6.07, 6.45) is 0. The van der Waals surface area contributed by atoms with Crippen molar-refractivity contribution in [1.29, 1.82) is 0 Å². The van der Waals surface area contributed by atoms with E-state index < -0.39 is 11.8 Å². The van der Waals surface area contributed by atoms with E-state index in [0.717, 1.165) is 0 Å². The Morgan fingerprint density at radius 1 is 0.463 bits per heavy atom. The number of anilines is 2. The summed E-state index contributed by atoms with van der Waals surface area (Å²) in [6.45, 7) is 0. The Hall–Kier alpha value is -6.04. The normalized spacial score (nSPS) is 11.5. The monoisotopic (exact) mass is 792 g/mol. The maximum atomic E-state index is 13.5. The Labute approximate surface area is 327 Å². The third-order valence-electron chi connectivity index (χ3n) is 8.22. The number of fused-ring (bicyclic) bond motifs is 2. The van der Waals surface area contributed by atoms with Crippen molar-refractivity contribution < 1.29 is 19.8 Å². The summed E-state index contributed by atoms with van der Waals surface area (Å²) >= 11 is 24.3. The van der Waals surface area contributed by atoms with E-state index in [1.54, 1.807) is 109 Å². The van der Waals surface area contributed by atoms with Crippen molar-refractivity contribution in [2.45, 2.75) is 0 Å². The Kier molecular flexibility index (Phi) is 10.4. The van der Waals surface area contributed by atoms with Crippen LogP contribution in [0.1, 0.15) is 20.7 Å². The molecule has 10 nitrogen and oxygen atoms in total. The number of rotatable bonds is 8. The molecule has 0 saturated carbocycles. The maximum Gasteiger partial charge on any atom is 0.259 e. The second-order valence-electron chi connectivity index (χ2n) is 11.8. The molecule has 7 rings (SSSR count). The molecule has 0 saturated heterocycles. The van der Waals surface area contributed by atoms with Gasteiger partial charge < -0.3 is 20.8 Å². The van der Waals surface area contributed by atoms with Gasteiger partial charge in [0, 0.05) is 22.1 Å². The van der Waals surface area contributed by atoms with Crippen molar-refractivity contribution in [2.24, 2.45) is 20.5 Å². The fraction of sp³-hybridized carbons (Fsp3) is 0. The number of amides is 2. The van der Waals surface area contributed by atoms with Crippen molar-refractivity contribution in [1.82, 2.24) is 0 Å². The van der Waals surface area contributed by atoms with Crippen LogP contribution >= 0.6 is 46.4 Å². The number of aromatic hydroxyl groups is 2. The smallest absolute Gasteiger partial charge is 0.259 e. The lowest BCUT2D eigenvalue weighted by molar-refractivity contribution is 0.101. The van der Waals surface area contributed by atoms with Crippen LogP contribution in [-0.4, -0.2) is 22.0 Å². The van der Waals surface area contributed by atoms with Gasteiger partial charge in [-0.05, 0) is 83.6 Å². The van der Waals surface area contributed by atoms with E-state index in [4.69, 9.17) is 46.4 Å². The minimum Gasteiger partial charge on any atom is -0.505 e. The lowest BCUT2D eigenvalue weighted by atomic mass is 10.0. The van der Waals surface area contributed by atoms with Gasteiger partial charge in [0.2, 0.25) is 0 Å². The summed E-state index contributed by atoms with van der Waals surface area (Å²) in [4.78, 5) is 27.0. The SMILES string of the molecule is O=C(Nc1ccc(NC(=O)c2cc3ccccc3c(N=Nc3ccc(Cl)c(Cl)c3)c2O)cc1)c1cc2ccccc2c(N=Nc2ccc(Cl)c(Cl)c2)c1O. The number of nitrogens with one attached hydrogen (secondary N) is 2. The number of hydrogen-bond donors (Lipinski definition) is 4. The first-order valence-corrected chi connectivity index (χ1v) is 17.5. The average Bonchev–Trinajstić information content (AvgIpc) is 3.17. The van der Waals surface area contributed by atoms with Crippen LogP contribution in [0.25, 0.3) is 21.5 Å². The molecule has 0 aliphatic carbocycles. The number of hydrogen-bond acceptors (Lipinski definition) is 8. The van der Waals surface area contributed by atoms with Gasteiger partial charge in [-0.3, -0.25) is 9.59 Å². The molecule has 266 valence electrons. The van der Waals surface area contributed by atoms with Crippen LogP contribution in [0.5, 0.6) is 11.5 Å². The number of carbonyl (C=O) groups excluding carboxylic acids is 2. The van der Waals surface area contributed by atoms with E-state index in [2.05, 4.69) is 31.1 Å². The Balaban J connectivity index is 1.11. The van der Waals surface area contributed by atoms with Gasteiger partial charge in [-0.15, -0.1) is 10.2 Å². The maximum absolute atomic E-state index is 13.5. The summed E-state index contributed by atoms with van der Waals surface area (Å²) in [7, 11) is 0. The number of azo groups is 2. The summed E-state index contributed by atoms with van der Waals surface area (Å²) in [5, 5.41) is 48.7. The van der Waals surface area contributed by atoms with Gasteiger partial charge in [0.1, 0.15) is 11.4 Å². The molecule has 0 aromatic heterocycles. The van der Waals surface area contributed by atoms with E-state index in [1.165, 1.54) is 12.1 Å². The predicted molar refractivity (Wildman–Crippen MR) is 215 cm³/mol. The summed E-state index contributed by atoms with van der Waals surface area (Å²) in [5.74, 6) is -1.95. The van der Waals surface area contributed by atoms with Crippen LogP contribution in [0.4, 0.5) is 34.1 Å². The van der Waals surface area contributed by atoms with Gasteiger partial charge in [0.05, 0.1) is 42.6 Å². The lowest BCUT2D eigenvalue weighted by Crippen LogP contribution is -2.13. The van der Waals surface area contributed by atoms with Crippen LogP contribution in [0.15, 0.2) is 142 Å². The van der Waals surface area contributed by atoms with Crippen molar-refractivity contribution in [3.05, 3.63) is 153 Å². The number of halogens is 4. The first kappa shape index (κ1) is 36.3. The summed E-state index contributed by atoms with van der Waals surface area (Å²) in [6, 6.07) is 33.1. The van der Waals surface area contributed by atoms with Gasteiger partial charge >= 0.3 is 0 Å².